The van der Waals surface area contributed by atoms with Gasteiger partial charge in [-0.15, -0.1) is 0 Å². The van der Waals surface area contributed by atoms with Gasteiger partial charge < -0.3 is 9.30 Å². The summed E-state index contributed by atoms with van der Waals surface area (Å²) in [5, 5.41) is 0. The molecule has 0 spiro atoms. The SMILES string of the molecule is CCOC(=O)C(c1ccccc1)C1CCn2c(C)c(C)c(C)c21. The van der Waals surface area contributed by atoms with E-state index in [1.54, 1.807) is 0 Å². The summed E-state index contributed by atoms with van der Waals surface area (Å²) in [6, 6.07) is 10.1. The van der Waals surface area contributed by atoms with Gasteiger partial charge in [0.2, 0.25) is 0 Å². The van der Waals surface area contributed by atoms with E-state index in [-0.39, 0.29) is 17.8 Å². The molecule has 0 radical (unpaired) electrons. The van der Waals surface area contributed by atoms with Gasteiger partial charge in [-0.2, -0.15) is 0 Å². The Hall–Kier alpha value is -2.03. The minimum absolute atomic E-state index is 0.104. The highest BCUT2D eigenvalue weighted by Gasteiger charge is 2.39. The number of hydrogen-bond donors (Lipinski definition) is 0. The van der Waals surface area contributed by atoms with Crippen molar-refractivity contribution in [2.75, 3.05) is 6.61 Å². The van der Waals surface area contributed by atoms with Crippen LogP contribution in [0.5, 0.6) is 0 Å². The third-order valence-corrected chi connectivity index (χ3v) is 5.30. The van der Waals surface area contributed by atoms with Crippen LogP contribution in [0.15, 0.2) is 30.3 Å². The number of carbonyl (C=O) groups is 1. The predicted octanol–water partition coefficient (Wildman–Crippen LogP) is 4.25. The smallest absolute Gasteiger partial charge is 0.314 e. The molecule has 2 aromatic rings. The summed E-state index contributed by atoms with van der Waals surface area (Å²) in [5.74, 6) is -0.123. The molecule has 122 valence electrons. The fourth-order valence-electron chi connectivity index (χ4n) is 3.97. The summed E-state index contributed by atoms with van der Waals surface area (Å²) >= 11 is 0. The zero-order valence-electron chi connectivity index (χ0n) is 14.4. The molecule has 0 aliphatic carbocycles. The molecule has 2 atom stereocenters. The average molecular weight is 311 g/mol. The second-order valence-electron chi connectivity index (χ2n) is 6.41. The van der Waals surface area contributed by atoms with E-state index in [2.05, 4.69) is 25.3 Å². The molecule has 0 saturated heterocycles. The van der Waals surface area contributed by atoms with E-state index in [0.717, 1.165) is 18.5 Å². The highest BCUT2D eigenvalue weighted by Crippen LogP contribution is 2.44. The van der Waals surface area contributed by atoms with Crippen LogP contribution in [0, 0.1) is 20.8 Å². The van der Waals surface area contributed by atoms with Crippen molar-refractivity contribution in [1.82, 2.24) is 4.57 Å². The van der Waals surface area contributed by atoms with Crippen LogP contribution in [0.1, 0.15) is 53.3 Å². The number of benzene rings is 1. The normalized spacial score (nSPS) is 17.8. The van der Waals surface area contributed by atoms with E-state index in [1.807, 2.05) is 37.3 Å². The van der Waals surface area contributed by atoms with E-state index in [9.17, 15) is 4.79 Å². The summed E-state index contributed by atoms with van der Waals surface area (Å²) in [7, 11) is 0. The first-order valence-corrected chi connectivity index (χ1v) is 8.44. The third-order valence-electron chi connectivity index (χ3n) is 5.30. The molecule has 0 fully saturated rings. The first-order chi connectivity index (χ1) is 11.1. The van der Waals surface area contributed by atoms with E-state index in [0.29, 0.717) is 6.61 Å². The Balaban J connectivity index is 2.07. The number of fused-ring (bicyclic) bond motifs is 1. The number of carbonyl (C=O) groups excluding carboxylic acids is 1. The van der Waals surface area contributed by atoms with Crippen molar-refractivity contribution < 1.29 is 9.53 Å². The molecule has 23 heavy (non-hydrogen) atoms. The molecule has 3 rings (SSSR count). The molecule has 1 aromatic carbocycles. The van der Waals surface area contributed by atoms with E-state index < -0.39 is 0 Å². The van der Waals surface area contributed by atoms with Crippen molar-refractivity contribution in [3.63, 3.8) is 0 Å². The lowest BCUT2D eigenvalue weighted by atomic mass is 9.82. The van der Waals surface area contributed by atoms with Gasteiger partial charge in [0, 0.05) is 23.9 Å². The maximum absolute atomic E-state index is 12.7. The lowest BCUT2D eigenvalue weighted by Gasteiger charge is -2.23. The number of nitrogens with zero attached hydrogens (tertiary/aromatic N) is 1. The van der Waals surface area contributed by atoms with Crippen LogP contribution in [-0.4, -0.2) is 17.1 Å². The van der Waals surface area contributed by atoms with Crippen LogP contribution < -0.4 is 0 Å². The van der Waals surface area contributed by atoms with Crippen molar-refractivity contribution in [2.24, 2.45) is 0 Å². The summed E-state index contributed by atoms with van der Waals surface area (Å²) in [6.07, 6.45) is 0.996. The van der Waals surface area contributed by atoms with E-state index in [1.165, 1.54) is 22.5 Å². The van der Waals surface area contributed by atoms with Crippen molar-refractivity contribution in [3.8, 4) is 0 Å². The quantitative estimate of drug-likeness (QED) is 0.791. The fraction of sp³-hybridized carbons (Fsp3) is 0.450. The summed E-state index contributed by atoms with van der Waals surface area (Å²) < 4.78 is 7.81. The molecule has 2 heterocycles. The van der Waals surface area contributed by atoms with Gasteiger partial charge >= 0.3 is 5.97 Å². The average Bonchev–Trinajstić information content (AvgIpc) is 3.06. The van der Waals surface area contributed by atoms with Crippen LogP contribution in [-0.2, 0) is 16.1 Å². The minimum Gasteiger partial charge on any atom is -0.466 e. The Morgan fingerprint density at radius 1 is 1.22 bits per heavy atom. The number of hydrogen-bond acceptors (Lipinski definition) is 2. The Bertz CT molecular complexity index is 715. The fourth-order valence-corrected chi connectivity index (χ4v) is 3.97. The third kappa shape index (κ3) is 2.58. The molecule has 0 amide bonds. The van der Waals surface area contributed by atoms with Gasteiger partial charge in [0.25, 0.3) is 0 Å². The molecule has 1 aliphatic rings. The summed E-state index contributed by atoms with van der Waals surface area (Å²) in [5.41, 5.74) is 6.38. The Labute approximate surface area is 138 Å². The van der Waals surface area contributed by atoms with Crippen LogP contribution in [0.2, 0.25) is 0 Å². The lowest BCUT2D eigenvalue weighted by Crippen LogP contribution is -2.22. The molecule has 1 aromatic heterocycles. The Morgan fingerprint density at radius 3 is 2.57 bits per heavy atom. The molecule has 3 heteroatoms. The lowest BCUT2D eigenvalue weighted by molar-refractivity contribution is -0.145. The monoisotopic (exact) mass is 311 g/mol. The topological polar surface area (TPSA) is 31.2 Å². The molecule has 2 unspecified atom stereocenters. The second kappa shape index (κ2) is 6.23. The number of aromatic nitrogens is 1. The van der Waals surface area contributed by atoms with Crippen molar-refractivity contribution in [2.45, 2.75) is 52.5 Å². The number of esters is 1. The van der Waals surface area contributed by atoms with Gasteiger partial charge in [-0.3, -0.25) is 4.79 Å². The van der Waals surface area contributed by atoms with Gasteiger partial charge in [-0.05, 0) is 50.8 Å². The highest BCUT2D eigenvalue weighted by molar-refractivity contribution is 5.80. The van der Waals surface area contributed by atoms with Gasteiger partial charge in [-0.1, -0.05) is 30.3 Å². The zero-order chi connectivity index (χ0) is 16.6. The van der Waals surface area contributed by atoms with Crippen LogP contribution in [0.25, 0.3) is 0 Å². The Morgan fingerprint density at radius 2 is 1.91 bits per heavy atom. The molecular weight excluding hydrogens is 286 g/mol. The van der Waals surface area contributed by atoms with Gasteiger partial charge in [0.15, 0.2) is 0 Å². The molecule has 1 aliphatic heterocycles. The van der Waals surface area contributed by atoms with Gasteiger partial charge in [0.05, 0.1) is 12.5 Å². The predicted molar refractivity (Wildman–Crippen MR) is 91.8 cm³/mol. The summed E-state index contributed by atoms with van der Waals surface area (Å²) in [4.78, 5) is 12.7. The Kier molecular flexibility index (Phi) is 4.29. The first kappa shape index (κ1) is 15.9. The molecule has 3 nitrogen and oxygen atoms in total. The maximum atomic E-state index is 12.7. The first-order valence-electron chi connectivity index (χ1n) is 8.44. The minimum atomic E-state index is -0.218. The highest BCUT2D eigenvalue weighted by atomic mass is 16.5. The molecule has 0 N–H and O–H groups in total. The van der Waals surface area contributed by atoms with Crippen LogP contribution in [0.3, 0.4) is 0 Å². The second-order valence-corrected chi connectivity index (χ2v) is 6.41. The van der Waals surface area contributed by atoms with Gasteiger partial charge in [0.1, 0.15) is 0 Å². The van der Waals surface area contributed by atoms with Crippen LogP contribution >= 0.6 is 0 Å². The number of rotatable bonds is 4. The number of ether oxygens (including phenoxy) is 1. The maximum Gasteiger partial charge on any atom is 0.314 e. The molecular formula is C20H25NO2. The largest absolute Gasteiger partial charge is 0.466 e. The molecule has 0 bridgehead atoms. The van der Waals surface area contributed by atoms with Crippen LogP contribution in [0.4, 0.5) is 0 Å². The van der Waals surface area contributed by atoms with Crippen molar-refractivity contribution >= 4 is 5.97 Å². The summed E-state index contributed by atoms with van der Waals surface area (Å²) in [6.45, 7) is 9.82. The van der Waals surface area contributed by atoms with Gasteiger partial charge in [-0.25, -0.2) is 0 Å². The van der Waals surface area contributed by atoms with Crippen molar-refractivity contribution in [1.29, 1.82) is 0 Å². The van der Waals surface area contributed by atoms with E-state index in [4.69, 9.17) is 4.74 Å². The van der Waals surface area contributed by atoms with E-state index >= 15 is 0 Å². The molecule has 0 saturated carbocycles. The standard InChI is InChI=1S/C20H25NO2/c1-5-23-20(22)18(16-9-7-6-8-10-16)17-11-12-21-15(4)13(2)14(3)19(17)21/h6-10,17-18H,5,11-12H2,1-4H3. The zero-order valence-corrected chi connectivity index (χ0v) is 14.4. The van der Waals surface area contributed by atoms with Crippen molar-refractivity contribution in [3.05, 3.63) is 58.4 Å².